The van der Waals surface area contributed by atoms with Gasteiger partial charge in [-0.25, -0.2) is 15.0 Å². The van der Waals surface area contributed by atoms with Gasteiger partial charge in [-0.15, -0.1) is 0 Å². The summed E-state index contributed by atoms with van der Waals surface area (Å²) in [5.41, 5.74) is 2.35. The van der Waals surface area contributed by atoms with E-state index in [9.17, 15) is 0 Å². The van der Waals surface area contributed by atoms with Crippen molar-refractivity contribution in [3.8, 4) is 0 Å². The van der Waals surface area contributed by atoms with Crippen molar-refractivity contribution in [2.24, 2.45) is 0 Å². The number of aliphatic hydroxyl groups is 1. The van der Waals surface area contributed by atoms with Gasteiger partial charge in [0.2, 0.25) is 0 Å². The third-order valence-electron chi connectivity index (χ3n) is 3.13. The van der Waals surface area contributed by atoms with Crippen LogP contribution in [-0.4, -0.2) is 44.4 Å². The van der Waals surface area contributed by atoms with E-state index in [2.05, 4.69) is 20.3 Å². The molecule has 0 amide bonds. The lowest BCUT2D eigenvalue weighted by Crippen LogP contribution is -2.09. The first-order valence-electron chi connectivity index (χ1n) is 6.96. The highest BCUT2D eigenvalue weighted by Gasteiger charge is 2.13. The molecule has 0 aromatic carbocycles. The van der Waals surface area contributed by atoms with Crippen LogP contribution in [0.1, 0.15) is 27.0 Å². The van der Waals surface area contributed by atoms with Crippen LogP contribution in [-0.2, 0) is 4.74 Å². The molecule has 114 valence electrons. The number of fused-ring (bicyclic) bond motifs is 1. The zero-order valence-electron chi connectivity index (χ0n) is 12.6. The van der Waals surface area contributed by atoms with Gasteiger partial charge in [-0.05, 0) is 20.8 Å². The van der Waals surface area contributed by atoms with Crippen LogP contribution in [0.15, 0.2) is 24.3 Å². The highest BCUT2D eigenvalue weighted by atomic mass is 16.5. The van der Waals surface area contributed by atoms with Gasteiger partial charge >= 0.3 is 0 Å². The van der Waals surface area contributed by atoms with Crippen molar-refractivity contribution in [2.75, 3.05) is 25.1 Å². The molecule has 0 aliphatic rings. The zero-order valence-corrected chi connectivity index (χ0v) is 12.6. The van der Waals surface area contributed by atoms with Crippen LogP contribution in [0.25, 0.3) is 11.2 Å². The fourth-order valence-corrected chi connectivity index (χ4v) is 1.96. The summed E-state index contributed by atoms with van der Waals surface area (Å²) >= 11 is 0. The van der Waals surface area contributed by atoms with Gasteiger partial charge < -0.3 is 15.2 Å². The summed E-state index contributed by atoms with van der Waals surface area (Å²) in [5.74, 6) is 0.671. The molecule has 21 heavy (non-hydrogen) atoms. The molecule has 2 rings (SSSR count). The average Bonchev–Trinajstić information content (AvgIpc) is 2.92. The molecule has 0 aliphatic carbocycles. The van der Waals surface area contributed by atoms with Crippen molar-refractivity contribution in [1.82, 2.24) is 19.5 Å². The summed E-state index contributed by atoms with van der Waals surface area (Å²) < 4.78 is 7.44. The predicted octanol–water partition coefficient (Wildman–Crippen LogP) is 1.73. The molecule has 0 bridgehead atoms. The van der Waals surface area contributed by atoms with Gasteiger partial charge in [0.1, 0.15) is 12.6 Å². The number of nitrogens with one attached hydrogen (secondary N) is 1. The maximum absolute atomic E-state index is 8.97. The molecule has 2 N–H and O–H groups in total. The van der Waals surface area contributed by atoms with Crippen molar-refractivity contribution < 1.29 is 9.84 Å². The molecular formula is C14H21N5O2. The van der Waals surface area contributed by atoms with Crippen molar-refractivity contribution in [1.29, 1.82) is 0 Å². The number of nitrogens with zero attached hydrogens (tertiary/aromatic N) is 4. The second kappa shape index (κ2) is 7.14. The van der Waals surface area contributed by atoms with Crippen molar-refractivity contribution in [2.45, 2.75) is 27.0 Å². The van der Waals surface area contributed by atoms with Crippen molar-refractivity contribution in [3.05, 3.63) is 24.3 Å². The molecule has 1 atom stereocenters. The maximum atomic E-state index is 8.97. The Morgan fingerprint density at radius 1 is 1.48 bits per heavy atom. The quantitative estimate of drug-likeness (QED) is 0.756. The molecule has 7 nitrogen and oxygen atoms in total. The lowest BCUT2D eigenvalue weighted by Gasteiger charge is -2.13. The molecule has 7 heteroatoms. The fraction of sp³-hybridized carbons (Fsp3) is 0.500. The Morgan fingerprint density at radius 2 is 2.29 bits per heavy atom. The summed E-state index contributed by atoms with van der Waals surface area (Å²) in [5, 5.41) is 12.1. The number of hydrogen-bond acceptors (Lipinski definition) is 6. The normalized spacial score (nSPS) is 13.6. The minimum Gasteiger partial charge on any atom is -0.392 e. The van der Waals surface area contributed by atoms with Gasteiger partial charge in [-0.2, -0.15) is 0 Å². The van der Waals surface area contributed by atoms with E-state index in [0.717, 1.165) is 11.2 Å². The molecule has 2 heterocycles. The van der Waals surface area contributed by atoms with E-state index >= 15 is 0 Å². The van der Waals surface area contributed by atoms with Gasteiger partial charge in [0.05, 0.1) is 12.9 Å². The van der Waals surface area contributed by atoms with Gasteiger partial charge in [0.25, 0.3) is 0 Å². The lowest BCUT2D eigenvalue weighted by molar-refractivity contribution is 0.0272. The van der Waals surface area contributed by atoms with E-state index in [1.54, 1.807) is 6.33 Å². The Bertz CT molecular complexity index is 623. The molecular weight excluding hydrogens is 270 g/mol. The number of imidazole rings is 1. The third-order valence-corrected chi connectivity index (χ3v) is 3.13. The Hall–Kier alpha value is -1.99. The van der Waals surface area contributed by atoms with Crippen LogP contribution in [0.4, 0.5) is 5.82 Å². The number of aliphatic hydroxyl groups excluding tert-OH is 1. The van der Waals surface area contributed by atoms with Crippen LogP contribution in [0.3, 0.4) is 0 Å². The first kappa shape index (κ1) is 15.4. The number of aromatic nitrogens is 4. The van der Waals surface area contributed by atoms with Gasteiger partial charge in [0.15, 0.2) is 17.0 Å². The topological polar surface area (TPSA) is 85.1 Å². The van der Waals surface area contributed by atoms with Crippen LogP contribution in [0.2, 0.25) is 0 Å². The summed E-state index contributed by atoms with van der Waals surface area (Å²) in [6.07, 6.45) is 5.00. The molecule has 2 aromatic rings. The number of rotatable bonds is 7. The van der Waals surface area contributed by atoms with Crippen LogP contribution in [0, 0.1) is 0 Å². The Morgan fingerprint density at radius 3 is 3.00 bits per heavy atom. The van der Waals surface area contributed by atoms with Crippen LogP contribution in [0.5, 0.6) is 0 Å². The second-order valence-electron chi connectivity index (χ2n) is 4.69. The SMILES string of the molecule is CCOC(C)n1cnc2c(NC/C=C(/C)CO)ncnc21. The summed E-state index contributed by atoms with van der Waals surface area (Å²) in [6.45, 7) is 7.03. The Labute approximate surface area is 123 Å². The molecule has 0 saturated carbocycles. The third kappa shape index (κ3) is 3.56. The molecule has 0 fully saturated rings. The monoisotopic (exact) mass is 291 g/mol. The Kier molecular flexibility index (Phi) is 5.24. The number of hydrogen-bond donors (Lipinski definition) is 2. The highest BCUT2D eigenvalue weighted by molar-refractivity contribution is 5.82. The maximum Gasteiger partial charge on any atom is 0.167 e. The lowest BCUT2D eigenvalue weighted by atomic mass is 10.3. The fourth-order valence-electron chi connectivity index (χ4n) is 1.96. The summed E-state index contributed by atoms with van der Waals surface area (Å²) in [6, 6.07) is 0. The predicted molar refractivity (Wildman–Crippen MR) is 81.0 cm³/mol. The molecule has 1 unspecified atom stereocenters. The average molecular weight is 291 g/mol. The summed E-state index contributed by atoms with van der Waals surface area (Å²) in [7, 11) is 0. The zero-order chi connectivity index (χ0) is 15.2. The number of ether oxygens (including phenoxy) is 1. The van der Waals surface area contributed by atoms with Gasteiger partial charge in [-0.3, -0.25) is 4.57 Å². The van der Waals surface area contributed by atoms with E-state index in [4.69, 9.17) is 9.84 Å². The van der Waals surface area contributed by atoms with E-state index < -0.39 is 0 Å². The highest BCUT2D eigenvalue weighted by Crippen LogP contribution is 2.20. The second-order valence-corrected chi connectivity index (χ2v) is 4.69. The van der Waals surface area contributed by atoms with E-state index in [1.165, 1.54) is 6.33 Å². The van der Waals surface area contributed by atoms with Crippen LogP contribution < -0.4 is 5.32 Å². The van der Waals surface area contributed by atoms with E-state index in [1.807, 2.05) is 31.4 Å². The Balaban J connectivity index is 2.22. The number of anilines is 1. The standard InChI is InChI=1S/C14H21N5O2/c1-4-21-11(3)19-9-18-12-13(16-8-17-14(12)19)15-6-5-10(2)7-20/h5,8-9,11,20H,4,6-7H2,1-3H3,(H,15,16,17)/b10-5-. The molecule has 2 aromatic heterocycles. The largest absolute Gasteiger partial charge is 0.392 e. The van der Waals surface area contributed by atoms with Gasteiger partial charge in [0, 0.05) is 13.2 Å². The molecule has 0 aliphatic heterocycles. The minimum atomic E-state index is -0.126. The molecule has 0 radical (unpaired) electrons. The van der Waals surface area contributed by atoms with Crippen molar-refractivity contribution in [3.63, 3.8) is 0 Å². The van der Waals surface area contributed by atoms with E-state index in [0.29, 0.717) is 24.5 Å². The molecule has 0 saturated heterocycles. The van der Waals surface area contributed by atoms with Crippen LogP contribution >= 0.6 is 0 Å². The first-order valence-corrected chi connectivity index (χ1v) is 6.96. The van der Waals surface area contributed by atoms with Gasteiger partial charge in [-0.1, -0.05) is 11.6 Å². The molecule has 0 spiro atoms. The smallest absolute Gasteiger partial charge is 0.167 e. The van der Waals surface area contributed by atoms with Crippen molar-refractivity contribution >= 4 is 17.0 Å². The van der Waals surface area contributed by atoms with E-state index in [-0.39, 0.29) is 12.8 Å². The summed E-state index contributed by atoms with van der Waals surface area (Å²) in [4.78, 5) is 12.9. The minimum absolute atomic E-state index is 0.0569. The first-order chi connectivity index (χ1) is 10.2.